The molecule has 1 heterocycles. The summed E-state index contributed by atoms with van der Waals surface area (Å²) in [4.78, 5) is 7.24. The van der Waals surface area contributed by atoms with Crippen LogP contribution in [0.25, 0.3) is 0 Å². The van der Waals surface area contributed by atoms with Gasteiger partial charge in [-0.05, 0) is 31.0 Å². The van der Waals surface area contributed by atoms with Crippen LogP contribution in [0.3, 0.4) is 0 Å². The van der Waals surface area contributed by atoms with Crippen LogP contribution in [0.5, 0.6) is 0 Å². The molecule has 29 heavy (non-hydrogen) atoms. The fraction of sp³-hybridized carbons (Fsp3) is 0.667. The van der Waals surface area contributed by atoms with Gasteiger partial charge in [-0.15, -0.1) is 24.0 Å². The zero-order valence-corrected chi connectivity index (χ0v) is 21.7. The number of nitrogens with zero attached hydrogens (tertiary/aromatic N) is 2. The van der Waals surface area contributed by atoms with E-state index >= 15 is 0 Å². The first kappa shape index (κ1) is 26.8. The number of benzene rings is 1. The third kappa shape index (κ3) is 8.05. The van der Waals surface area contributed by atoms with Gasteiger partial charge >= 0.3 is 0 Å². The molecule has 1 atom stereocenters. The summed E-state index contributed by atoms with van der Waals surface area (Å²) in [6.07, 6.45) is 1.11. The topological polar surface area (TPSA) is 46.1 Å². The summed E-state index contributed by atoms with van der Waals surface area (Å²) < 4.78 is 10.7. The van der Waals surface area contributed by atoms with Gasteiger partial charge in [0.2, 0.25) is 0 Å². The van der Waals surface area contributed by atoms with E-state index in [1.165, 1.54) is 0 Å². The summed E-state index contributed by atoms with van der Waals surface area (Å²) in [6.45, 7) is 11.8. The minimum atomic E-state index is -0.265. The highest BCUT2D eigenvalue weighted by Crippen LogP contribution is 2.36. The fourth-order valence-electron chi connectivity index (χ4n) is 3.48. The Balaban J connectivity index is 0.00000420. The molecule has 1 aromatic carbocycles. The van der Waals surface area contributed by atoms with Crippen LogP contribution in [-0.2, 0) is 14.9 Å². The van der Waals surface area contributed by atoms with Gasteiger partial charge in [0.25, 0.3) is 0 Å². The maximum absolute atomic E-state index is 6.43. The number of aliphatic imine (C=N–C) groups is 1. The van der Waals surface area contributed by atoms with Gasteiger partial charge in [-0.3, -0.25) is 4.99 Å². The van der Waals surface area contributed by atoms with Gasteiger partial charge in [-0.1, -0.05) is 43.1 Å². The number of methoxy groups -OCH3 is 1. The second-order valence-electron chi connectivity index (χ2n) is 7.82. The second kappa shape index (κ2) is 13.2. The predicted octanol–water partition coefficient (Wildman–Crippen LogP) is 4.84. The SMILES string of the molecule is CCNC(=NCC(C)(C)c1c(Cl)cccc1Cl)N1CCC(COCCOC)C1.I. The minimum absolute atomic E-state index is 0. The average molecular weight is 558 g/mol. The lowest BCUT2D eigenvalue weighted by molar-refractivity contribution is 0.0536. The Morgan fingerprint density at radius 1 is 1.28 bits per heavy atom. The van der Waals surface area contributed by atoms with Crippen LogP contribution in [0.2, 0.25) is 10.0 Å². The first-order chi connectivity index (χ1) is 13.4. The van der Waals surface area contributed by atoms with E-state index in [0.717, 1.165) is 44.2 Å². The van der Waals surface area contributed by atoms with Crippen molar-refractivity contribution in [3.05, 3.63) is 33.8 Å². The Morgan fingerprint density at radius 3 is 2.59 bits per heavy atom. The molecule has 0 radical (unpaired) electrons. The number of halogens is 3. The zero-order chi connectivity index (χ0) is 20.6. The van der Waals surface area contributed by atoms with E-state index in [4.69, 9.17) is 37.7 Å². The van der Waals surface area contributed by atoms with E-state index in [1.54, 1.807) is 7.11 Å². The Kier molecular flexibility index (Phi) is 12.2. The first-order valence-electron chi connectivity index (χ1n) is 9.93. The Morgan fingerprint density at radius 2 is 1.97 bits per heavy atom. The minimum Gasteiger partial charge on any atom is -0.382 e. The average Bonchev–Trinajstić information content (AvgIpc) is 3.10. The maximum atomic E-state index is 6.43. The molecule has 0 spiro atoms. The summed E-state index contributed by atoms with van der Waals surface area (Å²) in [6, 6.07) is 5.64. The normalized spacial score (nSPS) is 17.4. The number of ether oxygens (including phenoxy) is 2. The van der Waals surface area contributed by atoms with Crippen LogP contribution < -0.4 is 5.32 Å². The molecule has 0 bridgehead atoms. The molecular formula is C21H34Cl2IN3O2. The summed E-state index contributed by atoms with van der Waals surface area (Å²) in [5, 5.41) is 4.80. The lowest BCUT2D eigenvalue weighted by Crippen LogP contribution is -2.41. The molecule has 1 unspecified atom stereocenters. The number of hydrogen-bond acceptors (Lipinski definition) is 3. The third-order valence-electron chi connectivity index (χ3n) is 4.97. The van der Waals surface area contributed by atoms with Crippen LogP contribution >= 0.6 is 47.2 Å². The number of rotatable bonds is 9. The second-order valence-corrected chi connectivity index (χ2v) is 8.63. The molecule has 0 saturated carbocycles. The molecule has 1 aliphatic heterocycles. The summed E-state index contributed by atoms with van der Waals surface area (Å²) in [5.41, 5.74) is 0.683. The molecule has 2 rings (SSSR count). The van der Waals surface area contributed by atoms with Crippen LogP contribution in [0.15, 0.2) is 23.2 Å². The zero-order valence-electron chi connectivity index (χ0n) is 17.8. The monoisotopic (exact) mass is 557 g/mol. The summed E-state index contributed by atoms with van der Waals surface area (Å²) in [7, 11) is 1.69. The molecule has 1 aromatic rings. The van der Waals surface area contributed by atoms with Gasteiger partial charge in [0, 0.05) is 48.1 Å². The molecule has 5 nitrogen and oxygen atoms in total. The molecule has 1 aliphatic rings. The van der Waals surface area contributed by atoms with E-state index < -0.39 is 0 Å². The van der Waals surface area contributed by atoms with E-state index in [0.29, 0.717) is 35.7 Å². The molecule has 1 saturated heterocycles. The number of hydrogen-bond donors (Lipinski definition) is 1. The maximum Gasteiger partial charge on any atom is 0.193 e. The van der Waals surface area contributed by atoms with Crippen molar-refractivity contribution in [2.45, 2.75) is 32.6 Å². The predicted molar refractivity (Wildman–Crippen MR) is 133 cm³/mol. The van der Waals surface area contributed by atoms with Crippen LogP contribution in [0, 0.1) is 5.92 Å². The number of guanidine groups is 1. The van der Waals surface area contributed by atoms with Gasteiger partial charge < -0.3 is 19.7 Å². The van der Waals surface area contributed by atoms with Crippen molar-refractivity contribution in [2.75, 3.05) is 53.1 Å². The molecule has 0 aromatic heterocycles. The first-order valence-corrected chi connectivity index (χ1v) is 10.7. The van der Waals surface area contributed by atoms with Crippen molar-refractivity contribution in [1.29, 1.82) is 0 Å². The number of likely N-dealkylation sites (tertiary alicyclic amines) is 1. The van der Waals surface area contributed by atoms with Gasteiger partial charge in [0.15, 0.2) is 5.96 Å². The van der Waals surface area contributed by atoms with Crippen molar-refractivity contribution in [2.24, 2.45) is 10.9 Å². The smallest absolute Gasteiger partial charge is 0.193 e. The van der Waals surface area contributed by atoms with E-state index in [2.05, 4.69) is 31.0 Å². The molecule has 0 aliphatic carbocycles. The van der Waals surface area contributed by atoms with E-state index in [9.17, 15) is 0 Å². The molecular weight excluding hydrogens is 524 g/mol. The highest BCUT2D eigenvalue weighted by molar-refractivity contribution is 14.0. The standard InChI is InChI=1S/C21H33Cl2N3O2.HI/c1-5-24-20(26-10-9-16(13-26)14-28-12-11-27-4)25-15-21(2,3)19-17(22)7-6-8-18(19)23;/h6-8,16H,5,9-15H2,1-4H3,(H,24,25);1H. The van der Waals surface area contributed by atoms with Gasteiger partial charge in [0.05, 0.1) is 26.4 Å². The van der Waals surface area contributed by atoms with Crippen molar-refractivity contribution < 1.29 is 9.47 Å². The highest BCUT2D eigenvalue weighted by Gasteiger charge is 2.28. The van der Waals surface area contributed by atoms with Crippen LogP contribution in [0.1, 0.15) is 32.8 Å². The highest BCUT2D eigenvalue weighted by atomic mass is 127. The Labute approximate surface area is 202 Å². The lowest BCUT2D eigenvalue weighted by Gasteiger charge is -2.28. The Bertz CT molecular complexity index is 639. The molecule has 0 amide bonds. The van der Waals surface area contributed by atoms with Crippen molar-refractivity contribution in [1.82, 2.24) is 10.2 Å². The largest absolute Gasteiger partial charge is 0.382 e. The van der Waals surface area contributed by atoms with E-state index in [1.807, 2.05) is 18.2 Å². The quantitative estimate of drug-likeness (QED) is 0.204. The number of nitrogens with one attached hydrogen (secondary N) is 1. The third-order valence-corrected chi connectivity index (χ3v) is 5.60. The van der Waals surface area contributed by atoms with Gasteiger partial charge in [0.1, 0.15) is 0 Å². The summed E-state index contributed by atoms with van der Waals surface area (Å²) in [5.74, 6) is 1.46. The molecule has 1 N–H and O–H groups in total. The summed E-state index contributed by atoms with van der Waals surface area (Å²) >= 11 is 12.9. The van der Waals surface area contributed by atoms with Crippen LogP contribution in [-0.4, -0.2) is 64.0 Å². The van der Waals surface area contributed by atoms with Crippen molar-refractivity contribution in [3.8, 4) is 0 Å². The van der Waals surface area contributed by atoms with Crippen molar-refractivity contribution >= 4 is 53.1 Å². The molecule has 166 valence electrons. The molecule has 1 fully saturated rings. The van der Waals surface area contributed by atoms with E-state index in [-0.39, 0.29) is 29.4 Å². The lowest BCUT2D eigenvalue weighted by atomic mass is 9.84. The molecule has 8 heteroatoms. The van der Waals surface area contributed by atoms with Crippen molar-refractivity contribution in [3.63, 3.8) is 0 Å². The Hall–Kier alpha value is -0.280. The fourth-order valence-corrected chi connectivity index (χ4v) is 4.38. The van der Waals surface area contributed by atoms with Crippen LogP contribution in [0.4, 0.5) is 0 Å². The van der Waals surface area contributed by atoms with Gasteiger partial charge in [-0.2, -0.15) is 0 Å². The van der Waals surface area contributed by atoms with Gasteiger partial charge in [-0.25, -0.2) is 0 Å².